The van der Waals surface area contributed by atoms with Gasteiger partial charge in [0.2, 0.25) is 0 Å². The second-order valence-corrected chi connectivity index (χ2v) is 14.4. The fourth-order valence-electron chi connectivity index (χ4n) is 7.12. The lowest BCUT2D eigenvalue weighted by Gasteiger charge is -2.42. The second-order valence-electron chi connectivity index (χ2n) is 13.5. The van der Waals surface area contributed by atoms with E-state index in [2.05, 4.69) is 54.6 Å². The van der Waals surface area contributed by atoms with Gasteiger partial charge in [-0.1, -0.05) is 59.7 Å². The van der Waals surface area contributed by atoms with E-state index < -0.39 is 5.97 Å². The van der Waals surface area contributed by atoms with Crippen LogP contribution in [0.25, 0.3) is 32.2 Å². The third-order valence-electron chi connectivity index (χ3n) is 10.1. The molecule has 0 radical (unpaired) electrons. The number of hydrogen-bond acceptors (Lipinski definition) is 11. The van der Waals surface area contributed by atoms with Crippen LogP contribution in [0, 0.1) is 0 Å². The summed E-state index contributed by atoms with van der Waals surface area (Å²) in [6, 6.07) is 23.8. The normalized spacial score (nSPS) is 18.3. The van der Waals surface area contributed by atoms with Crippen LogP contribution in [0.5, 0.6) is 0 Å². The molecule has 1 saturated heterocycles. The Hall–Kier alpha value is -4.23. The molecule has 51 heavy (non-hydrogen) atoms. The van der Waals surface area contributed by atoms with E-state index in [1.54, 1.807) is 25.3 Å². The lowest BCUT2D eigenvalue weighted by atomic mass is 9.91. The summed E-state index contributed by atoms with van der Waals surface area (Å²) >= 11 is 1.53. The van der Waals surface area contributed by atoms with Crippen LogP contribution >= 0.6 is 11.3 Å². The molecule has 12 heteroatoms. The molecule has 0 unspecified atom stereocenters. The quantitative estimate of drug-likeness (QED) is 0.0839. The molecule has 1 aliphatic heterocycles. The van der Waals surface area contributed by atoms with Crippen LogP contribution in [0.15, 0.2) is 72.8 Å². The fourth-order valence-corrected chi connectivity index (χ4v) is 7.97. The number of benzene rings is 3. The number of para-hydroxylation sites is 1. The number of carbonyl (C=O) groups is 1. The molecule has 0 atom stereocenters. The third-order valence-corrected chi connectivity index (χ3v) is 11.1. The molecule has 0 N–H and O–H groups in total. The van der Waals surface area contributed by atoms with Crippen molar-refractivity contribution in [1.29, 1.82) is 0 Å². The van der Waals surface area contributed by atoms with E-state index >= 15 is 0 Å². The highest BCUT2D eigenvalue weighted by Gasteiger charge is 2.29. The number of aromatic nitrogens is 5. The molecule has 2 fully saturated rings. The van der Waals surface area contributed by atoms with Gasteiger partial charge in [-0.2, -0.15) is 0 Å². The number of anilines is 1. The predicted octanol–water partition coefficient (Wildman–Crippen LogP) is 6.93. The predicted molar refractivity (Wildman–Crippen MR) is 200 cm³/mol. The molecule has 1 saturated carbocycles. The SMILES string of the molecule is COCCCCCCCOC1CCC(N2CCN(c3ccc(-c4nnc(-c5ccc(C(=O)On6nnc7ccccc76)cc5)s4)cc3)CC2)CC1. The van der Waals surface area contributed by atoms with Crippen molar-refractivity contribution in [2.24, 2.45) is 0 Å². The Balaban J connectivity index is 0.842. The Morgan fingerprint density at radius 3 is 2.10 bits per heavy atom. The Morgan fingerprint density at radius 2 is 1.39 bits per heavy atom. The fraction of sp³-hybridized carbons (Fsp3) is 0.462. The molecule has 7 rings (SSSR count). The molecule has 11 nitrogen and oxygen atoms in total. The highest BCUT2D eigenvalue weighted by atomic mass is 32.1. The van der Waals surface area contributed by atoms with Gasteiger partial charge >= 0.3 is 5.97 Å². The number of carbonyl (C=O) groups excluding carboxylic acids is 1. The number of methoxy groups -OCH3 is 1. The third kappa shape index (κ3) is 8.99. The van der Waals surface area contributed by atoms with Crippen molar-refractivity contribution in [2.75, 3.05) is 51.4 Å². The number of ether oxygens (including phenoxy) is 2. The Morgan fingerprint density at radius 1 is 0.745 bits per heavy atom. The molecule has 2 aliphatic rings. The summed E-state index contributed by atoms with van der Waals surface area (Å²) in [5.74, 6) is -0.518. The molecule has 0 amide bonds. The zero-order valence-electron chi connectivity index (χ0n) is 29.4. The standard InChI is InChI=1S/C39H47N7O4S/c1-48-27-7-3-2-4-8-28-49-34-21-19-33(20-22-34)45-25-23-44(24-26-45)32-17-15-30(16-18-32)38-42-41-37(51-38)29-11-13-31(14-12-29)39(47)50-46-36-10-6-5-9-35(36)40-43-46/h5-6,9-18,33-34H,2-4,7-8,19-28H2,1H3. The van der Waals surface area contributed by atoms with Crippen LogP contribution in [0.4, 0.5) is 5.69 Å². The zero-order valence-corrected chi connectivity index (χ0v) is 30.2. The maximum absolute atomic E-state index is 12.8. The molecule has 0 bridgehead atoms. The van der Waals surface area contributed by atoms with E-state index in [-0.39, 0.29) is 0 Å². The molecule has 2 aromatic heterocycles. The van der Waals surface area contributed by atoms with Gasteiger partial charge in [-0.05, 0) is 92.3 Å². The minimum Gasteiger partial charge on any atom is -0.385 e. The van der Waals surface area contributed by atoms with Gasteiger partial charge in [0.1, 0.15) is 21.0 Å². The van der Waals surface area contributed by atoms with Gasteiger partial charge in [0.25, 0.3) is 0 Å². The first kappa shape index (κ1) is 35.2. The topological polar surface area (TPSA) is 108 Å². The van der Waals surface area contributed by atoms with Crippen molar-refractivity contribution in [3.8, 4) is 21.1 Å². The smallest absolute Gasteiger partial charge is 0.365 e. The highest BCUT2D eigenvalue weighted by molar-refractivity contribution is 7.17. The maximum Gasteiger partial charge on any atom is 0.365 e. The van der Waals surface area contributed by atoms with Gasteiger partial charge in [-0.3, -0.25) is 4.90 Å². The highest BCUT2D eigenvalue weighted by Crippen LogP contribution is 2.32. The monoisotopic (exact) mass is 709 g/mol. The summed E-state index contributed by atoms with van der Waals surface area (Å²) < 4.78 is 11.4. The van der Waals surface area contributed by atoms with Crippen molar-refractivity contribution in [3.63, 3.8) is 0 Å². The average Bonchev–Trinajstić information content (AvgIpc) is 3.85. The van der Waals surface area contributed by atoms with E-state index in [4.69, 9.17) is 14.3 Å². The number of unbranched alkanes of at least 4 members (excludes halogenated alkanes) is 4. The largest absolute Gasteiger partial charge is 0.385 e. The maximum atomic E-state index is 12.8. The summed E-state index contributed by atoms with van der Waals surface area (Å²) in [5.41, 5.74) is 4.87. The summed E-state index contributed by atoms with van der Waals surface area (Å²) in [6.07, 6.45) is 11.5. The molecule has 268 valence electrons. The molecule has 3 aromatic carbocycles. The van der Waals surface area contributed by atoms with E-state index in [1.165, 1.54) is 74.8 Å². The first-order chi connectivity index (χ1) is 25.1. The van der Waals surface area contributed by atoms with Crippen molar-refractivity contribution >= 4 is 34.0 Å². The molecule has 1 aliphatic carbocycles. The Bertz CT molecular complexity index is 1830. The van der Waals surface area contributed by atoms with Gasteiger partial charge < -0.3 is 19.2 Å². The van der Waals surface area contributed by atoms with Gasteiger partial charge in [-0.25, -0.2) is 4.79 Å². The van der Waals surface area contributed by atoms with Gasteiger partial charge in [0, 0.05) is 69.4 Å². The average molecular weight is 710 g/mol. The number of rotatable bonds is 15. The molecular formula is C39H47N7O4S. The van der Waals surface area contributed by atoms with Crippen LogP contribution in [0.2, 0.25) is 0 Å². The Labute approximate surface area is 303 Å². The first-order valence-electron chi connectivity index (χ1n) is 18.3. The van der Waals surface area contributed by atoms with Crippen molar-refractivity contribution in [2.45, 2.75) is 69.9 Å². The van der Waals surface area contributed by atoms with Crippen molar-refractivity contribution in [1.82, 2.24) is 30.3 Å². The van der Waals surface area contributed by atoms with E-state index in [0.717, 1.165) is 65.4 Å². The van der Waals surface area contributed by atoms with Crippen molar-refractivity contribution in [3.05, 3.63) is 78.4 Å². The molecule has 3 heterocycles. The minimum absolute atomic E-state index is 0.406. The van der Waals surface area contributed by atoms with E-state index in [9.17, 15) is 4.79 Å². The van der Waals surface area contributed by atoms with Crippen LogP contribution in [-0.2, 0) is 9.47 Å². The lowest BCUT2D eigenvalue weighted by Crippen LogP contribution is -2.51. The van der Waals surface area contributed by atoms with Gasteiger partial charge in [0.15, 0.2) is 0 Å². The molecular weight excluding hydrogens is 663 g/mol. The van der Waals surface area contributed by atoms with Crippen LogP contribution in [-0.4, -0.2) is 94.9 Å². The van der Waals surface area contributed by atoms with E-state index in [0.29, 0.717) is 28.7 Å². The molecule has 5 aromatic rings. The van der Waals surface area contributed by atoms with Crippen molar-refractivity contribution < 1.29 is 19.1 Å². The Kier molecular flexibility index (Phi) is 12.0. The van der Waals surface area contributed by atoms with E-state index in [1.807, 2.05) is 30.3 Å². The number of nitrogens with zero attached hydrogens (tertiary/aromatic N) is 7. The minimum atomic E-state index is -0.518. The van der Waals surface area contributed by atoms with Gasteiger partial charge in [-0.15, -0.1) is 15.3 Å². The van der Waals surface area contributed by atoms with Crippen LogP contribution in [0.3, 0.4) is 0 Å². The zero-order chi connectivity index (χ0) is 34.8. The number of hydrogen-bond donors (Lipinski definition) is 0. The number of piperazine rings is 1. The molecule has 0 spiro atoms. The summed E-state index contributed by atoms with van der Waals surface area (Å²) in [5, 5.41) is 18.5. The first-order valence-corrected chi connectivity index (χ1v) is 19.1. The second kappa shape index (κ2) is 17.3. The lowest BCUT2D eigenvalue weighted by molar-refractivity contribution is 0.00473. The van der Waals surface area contributed by atoms with Crippen LogP contribution in [0.1, 0.15) is 68.1 Å². The number of fused-ring (bicyclic) bond motifs is 1. The summed E-state index contributed by atoms with van der Waals surface area (Å²) in [6.45, 7) is 6.09. The van der Waals surface area contributed by atoms with Crippen LogP contribution < -0.4 is 9.74 Å². The summed E-state index contributed by atoms with van der Waals surface area (Å²) in [7, 11) is 1.78. The van der Waals surface area contributed by atoms with Gasteiger partial charge in [0.05, 0.1) is 11.7 Å². The summed E-state index contributed by atoms with van der Waals surface area (Å²) in [4.78, 5) is 24.5.